The predicted octanol–water partition coefficient (Wildman–Crippen LogP) is 3.47. The van der Waals surface area contributed by atoms with Gasteiger partial charge < -0.3 is 15.0 Å². The van der Waals surface area contributed by atoms with E-state index < -0.39 is 11.9 Å². The molecule has 8 heteroatoms. The molecule has 1 N–H and O–H groups in total. The average Bonchev–Trinajstić information content (AvgIpc) is 3.32. The van der Waals surface area contributed by atoms with Gasteiger partial charge in [-0.25, -0.2) is 4.68 Å². The van der Waals surface area contributed by atoms with Crippen molar-refractivity contribution >= 4 is 23.5 Å². The van der Waals surface area contributed by atoms with Gasteiger partial charge in [-0.05, 0) is 62.2 Å². The Morgan fingerprint density at radius 3 is 2.36 bits per heavy atom. The van der Waals surface area contributed by atoms with Crippen LogP contribution in [0.4, 0.5) is 5.69 Å². The molecule has 0 saturated carbocycles. The summed E-state index contributed by atoms with van der Waals surface area (Å²) in [6.45, 7) is 4.75. The summed E-state index contributed by atoms with van der Waals surface area (Å²) in [5, 5.41) is 6.96. The monoisotopic (exact) mass is 448 g/mol. The standard InChI is InChI=1S/C25H28N4O4/c1-3-28(4-2)25(32)20-11-13-21(14-12-20)27-23(30)18-33-24(31)15-10-19-16-26-29(17-19)22-8-6-5-7-9-22/h5-9,11-14,16-17H,3-4,10,15,18H2,1-2H3,(H,27,30). The Morgan fingerprint density at radius 1 is 1.00 bits per heavy atom. The van der Waals surface area contributed by atoms with Crippen LogP contribution in [0.2, 0.25) is 0 Å². The summed E-state index contributed by atoms with van der Waals surface area (Å²) in [5.74, 6) is -0.957. The first-order valence-corrected chi connectivity index (χ1v) is 10.9. The number of rotatable bonds is 10. The molecule has 8 nitrogen and oxygen atoms in total. The van der Waals surface area contributed by atoms with Gasteiger partial charge in [-0.1, -0.05) is 18.2 Å². The van der Waals surface area contributed by atoms with Crippen LogP contribution in [0.3, 0.4) is 0 Å². The molecule has 0 unspecified atom stereocenters. The maximum Gasteiger partial charge on any atom is 0.306 e. The maximum atomic E-state index is 12.3. The molecule has 2 aromatic carbocycles. The molecule has 0 atom stereocenters. The van der Waals surface area contributed by atoms with Crippen LogP contribution in [-0.4, -0.2) is 52.2 Å². The zero-order chi connectivity index (χ0) is 23.6. The number of carbonyl (C=O) groups excluding carboxylic acids is 3. The number of nitrogens with one attached hydrogen (secondary N) is 1. The summed E-state index contributed by atoms with van der Waals surface area (Å²) in [6, 6.07) is 16.3. The Labute approximate surface area is 193 Å². The van der Waals surface area contributed by atoms with Crippen molar-refractivity contribution in [1.29, 1.82) is 0 Å². The van der Waals surface area contributed by atoms with E-state index in [4.69, 9.17) is 4.74 Å². The molecule has 0 spiro atoms. The SMILES string of the molecule is CCN(CC)C(=O)c1ccc(NC(=O)COC(=O)CCc2cnn(-c3ccccc3)c2)cc1. The molecule has 0 radical (unpaired) electrons. The van der Waals surface area contributed by atoms with Crippen molar-refractivity contribution in [3.63, 3.8) is 0 Å². The van der Waals surface area contributed by atoms with Crippen molar-refractivity contribution in [2.24, 2.45) is 0 Å². The lowest BCUT2D eigenvalue weighted by atomic mass is 10.2. The number of nitrogens with zero attached hydrogens (tertiary/aromatic N) is 3. The number of esters is 1. The van der Waals surface area contributed by atoms with E-state index in [1.54, 1.807) is 40.0 Å². The Morgan fingerprint density at radius 2 is 1.70 bits per heavy atom. The van der Waals surface area contributed by atoms with Crippen molar-refractivity contribution in [3.8, 4) is 5.69 Å². The Hall–Kier alpha value is -3.94. The molecule has 33 heavy (non-hydrogen) atoms. The van der Waals surface area contributed by atoms with E-state index in [-0.39, 0.29) is 18.9 Å². The number of anilines is 1. The van der Waals surface area contributed by atoms with Crippen LogP contribution in [0.5, 0.6) is 0 Å². The zero-order valence-corrected chi connectivity index (χ0v) is 18.9. The molecule has 0 aliphatic carbocycles. The minimum Gasteiger partial charge on any atom is -0.456 e. The van der Waals surface area contributed by atoms with E-state index in [0.29, 0.717) is 30.8 Å². The van der Waals surface area contributed by atoms with E-state index in [2.05, 4.69) is 10.4 Å². The van der Waals surface area contributed by atoms with E-state index >= 15 is 0 Å². The summed E-state index contributed by atoms with van der Waals surface area (Å²) in [7, 11) is 0. The molecule has 2 amide bonds. The number of hydrogen-bond donors (Lipinski definition) is 1. The topological polar surface area (TPSA) is 93.5 Å². The number of ether oxygens (including phenoxy) is 1. The molecule has 0 fully saturated rings. The van der Waals surface area contributed by atoms with Gasteiger partial charge in [-0.2, -0.15) is 5.10 Å². The van der Waals surface area contributed by atoms with Crippen LogP contribution in [-0.2, 0) is 20.7 Å². The number of benzene rings is 2. The van der Waals surface area contributed by atoms with E-state index in [0.717, 1.165) is 11.3 Å². The Kier molecular flexibility index (Phi) is 8.35. The Bertz CT molecular complexity index is 1070. The number of amides is 2. The fraction of sp³-hybridized carbons (Fsp3) is 0.280. The van der Waals surface area contributed by atoms with Gasteiger partial charge in [0.15, 0.2) is 6.61 Å². The number of hydrogen-bond acceptors (Lipinski definition) is 5. The van der Waals surface area contributed by atoms with Crippen molar-refractivity contribution in [2.75, 3.05) is 25.0 Å². The van der Waals surface area contributed by atoms with Gasteiger partial charge in [0, 0.05) is 37.0 Å². The third-order valence-electron chi connectivity index (χ3n) is 5.11. The molecule has 0 bridgehead atoms. The van der Waals surface area contributed by atoms with Crippen LogP contribution >= 0.6 is 0 Å². The van der Waals surface area contributed by atoms with Gasteiger partial charge in [0.25, 0.3) is 11.8 Å². The van der Waals surface area contributed by atoms with E-state index in [9.17, 15) is 14.4 Å². The summed E-state index contributed by atoms with van der Waals surface area (Å²) in [6.07, 6.45) is 4.19. The minimum atomic E-state index is -0.460. The number of carbonyl (C=O) groups is 3. The molecule has 0 aliphatic heterocycles. The lowest BCUT2D eigenvalue weighted by Gasteiger charge is -2.18. The largest absolute Gasteiger partial charge is 0.456 e. The molecular formula is C25H28N4O4. The smallest absolute Gasteiger partial charge is 0.306 e. The summed E-state index contributed by atoms with van der Waals surface area (Å²) < 4.78 is 6.82. The van der Waals surface area contributed by atoms with Crippen LogP contribution < -0.4 is 5.32 Å². The quantitative estimate of drug-likeness (QED) is 0.480. The molecular weight excluding hydrogens is 420 g/mol. The minimum absolute atomic E-state index is 0.0545. The fourth-order valence-corrected chi connectivity index (χ4v) is 3.26. The second-order valence-corrected chi connectivity index (χ2v) is 7.39. The second kappa shape index (κ2) is 11.6. The molecule has 0 saturated heterocycles. The number of aryl methyl sites for hydroxylation is 1. The summed E-state index contributed by atoms with van der Waals surface area (Å²) >= 11 is 0. The molecule has 172 valence electrons. The zero-order valence-electron chi connectivity index (χ0n) is 18.9. The average molecular weight is 449 g/mol. The van der Waals surface area contributed by atoms with Gasteiger partial charge in [0.05, 0.1) is 11.9 Å². The van der Waals surface area contributed by atoms with E-state index in [1.807, 2.05) is 50.4 Å². The van der Waals surface area contributed by atoms with Gasteiger partial charge in [-0.15, -0.1) is 0 Å². The van der Waals surface area contributed by atoms with Crippen LogP contribution in [0.1, 0.15) is 36.2 Å². The van der Waals surface area contributed by atoms with Crippen molar-refractivity contribution in [1.82, 2.24) is 14.7 Å². The molecule has 3 aromatic rings. The van der Waals surface area contributed by atoms with E-state index in [1.165, 1.54) is 0 Å². The first-order chi connectivity index (χ1) is 16.0. The maximum absolute atomic E-state index is 12.3. The number of para-hydroxylation sites is 1. The van der Waals surface area contributed by atoms with Crippen LogP contribution in [0.25, 0.3) is 5.69 Å². The van der Waals surface area contributed by atoms with Crippen molar-refractivity contribution in [2.45, 2.75) is 26.7 Å². The number of aromatic nitrogens is 2. The summed E-state index contributed by atoms with van der Waals surface area (Å²) in [5.41, 5.74) is 2.92. The van der Waals surface area contributed by atoms with Gasteiger partial charge in [0.1, 0.15) is 0 Å². The third kappa shape index (κ3) is 6.77. The highest BCUT2D eigenvalue weighted by Gasteiger charge is 2.13. The Balaban J connectivity index is 1.41. The molecule has 0 aliphatic rings. The molecule has 1 heterocycles. The van der Waals surface area contributed by atoms with Gasteiger partial charge >= 0.3 is 5.97 Å². The highest BCUT2D eigenvalue weighted by atomic mass is 16.5. The van der Waals surface area contributed by atoms with Crippen LogP contribution in [0.15, 0.2) is 67.0 Å². The molecule has 1 aromatic heterocycles. The predicted molar refractivity (Wildman–Crippen MR) is 125 cm³/mol. The third-order valence-corrected chi connectivity index (χ3v) is 5.11. The summed E-state index contributed by atoms with van der Waals surface area (Å²) in [4.78, 5) is 38.2. The first kappa shape index (κ1) is 23.7. The normalized spacial score (nSPS) is 10.5. The highest BCUT2D eigenvalue weighted by molar-refractivity contribution is 5.96. The van der Waals surface area contributed by atoms with Gasteiger partial charge in [-0.3, -0.25) is 14.4 Å². The first-order valence-electron chi connectivity index (χ1n) is 10.9. The van der Waals surface area contributed by atoms with Crippen molar-refractivity contribution < 1.29 is 19.1 Å². The fourth-order valence-electron chi connectivity index (χ4n) is 3.26. The van der Waals surface area contributed by atoms with Crippen molar-refractivity contribution in [3.05, 3.63) is 78.1 Å². The second-order valence-electron chi connectivity index (χ2n) is 7.39. The van der Waals surface area contributed by atoms with Gasteiger partial charge in [0.2, 0.25) is 0 Å². The molecule has 3 rings (SSSR count). The lowest BCUT2D eigenvalue weighted by Crippen LogP contribution is -2.30. The highest BCUT2D eigenvalue weighted by Crippen LogP contribution is 2.12. The van der Waals surface area contributed by atoms with Crippen LogP contribution in [0, 0.1) is 0 Å². The lowest BCUT2D eigenvalue weighted by molar-refractivity contribution is -0.147.